The van der Waals surface area contributed by atoms with Gasteiger partial charge in [-0.3, -0.25) is 14.5 Å². The maximum Gasteiger partial charge on any atom is 0.254 e. The Balaban J connectivity index is 1.54. The van der Waals surface area contributed by atoms with Crippen LogP contribution in [-0.2, 0) is 0 Å². The molecule has 2 aromatic rings. The Morgan fingerprint density at radius 2 is 1.75 bits per heavy atom. The molecule has 1 unspecified atom stereocenters. The number of halogens is 1. The van der Waals surface area contributed by atoms with E-state index in [0.29, 0.717) is 29.2 Å². The van der Waals surface area contributed by atoms with Gasteiger partial charge in [0.05, 0.1) is 16.8 Å². The van der Waals surface area contributed by atoms with E-state index in [0.717, 1.165) is 43.7 Å². The summed E-state index contributed by atoms with van der Waals surface area (Å²) in [5.41, 5.74) is 3.31. The van der Waals surface area contributed by atoms with Crippen molar-refractivity contribution in [2.45, 2.75) is 25.3 Å². The summed E-state index contributed by atoms with van der Waals surface area (Å²) in [5.74, 6) is -0.0786. The van der Waals surface area contributed by atoms with Gasteiger partial charge >= 0.3 is 0 Å². The van der Waals surface area contributed by atoms with Crippen LogP contribution in [0.5, 0.6) is 0 Å². The van der Waals surface area contributed by atoms with Gasteiger partial charge in [0.2, 0.25) is 0 Å². The third-order valence-corrected chi connectivity index (χ3v) is 6.91. The molecule has 0 saturated carbocycles. The molecule has 2 fully saturated rings. The summed E-state index contributed by atoms with van der Waals surface area (Å²) in [7, 11) is 3.70. The number of hydrogen-bond acceptors (Lipinski definition) is 4. The molecule has 1 N–H and O–H groups in total. The normalized spacial score (nSPS) is 19.7. The van der Waals surface area contributed by atoms with Gasteiger partial charge in [0.1, 0.15) is 0 Å². The Morgan fingerprint density at radius 1 is 0.969 bits per heavy atom. The fraction of sp³-hybridized carbons (Fsp3) is 0.440. The standard InChI is InChI=1S/C25H31ClN4O2/c1-27-24(31)19-8-6-7-18(15-19)23-17-30(14-13-28(23)2)25(32)20-9-10-21(26)22(16-20)29-11-4-3-5-12-29/h6-10,15-16,23H,3-5,11-14,17H2,1-2H3,(H,27,31). The van der Waals surface area contributed by atoms with Crippen LogP contribution in [0.3, 0.4) is 0 Å². The second-order valence-corrected chi connectivity index (χ2v) is 9.07. The Morgan fingerprint density at radius 3 is 2.50 bits per heavy atom. The van der Waals surface area contributed by atoms with Gasteiger partial charge < -0.3 is 15.1 Å². The highest BCUT2D eigenvalue weighted by molar-refractivity contribution is 6.33. The summed E-state index contributed by atoms with van der Waals surface area (Å²) in [4.78, 5) is 32.0. The van der Waals surface area contributed by atoms with Gasteiger partial charge in [0.15, 0.2) is 0 Å². The first-order valence-electron chi connectivity index (χ1n) is 11.3. The molecule has 7 heteroatoms. The summed E-state index contributed by atoms with van der Waals surface area (Å²) < 4.78 is 0. The highest BCUT2D eigenvalue weighted by atomic mass is 35.5. The zero-order valence-corrected chi connectivity index (χ0v) is 19.6. The Bertz CT molecular complexity index is 990. The average Bonchev–Trinajstić information content (AvgIpc) is 2.84. The van der Waals surface area contributed by atoms with Crippen LogP contribution in [0.1, 0.15) is 51.6 Å². The number of nitrogens with zero attached hydrogens (tertiary/aromatic N) is 3. The fourth-order valence-corrected chi connectivity index (χ4v) is 4.89. The van der Waals surface area contributed by atoms with Crippen molar-refractivity contribution in [1.82, 2.24) is 15.1 Å². The monoisotopic (exact) mass is 454 g/mol. The van der Waals surface area contributed by atoms with Crippen LogP contribution < -0.4 is 10.2 Å². The first-order chi connectivity index (χ1) is 15.5. The maximum absolute atomic E-state index is 13.4. The number of anilines is 1. The van der Waals surface area contributed by atoms with Crippen molar-refractivity contribution in [3.05, 3.63) is 64.2 Å². The van der Waals surface area contributed by atoms with Gasteiger partial charge in [-0.15, -0.1) is 0 Å². The van der Waals surface area contributed by atoms with Crippen molar-refractivity contribution in [1.29, 1.82) is 0 Å². The third-order valence-electron chi connectivity index (χ3n) is 6.59. The van der Waals surface area contributed by atoms with E-state index in [1.54, 1.807) is 7.05 Å². The number of amides is 2. The molecule has 2 heterocycles. The second kappa shape index (κ2) is 9.92. The zero-order chi connectivity index (χ0) is 22.7. The van der Waals surface area contributed by atoms with Crippen LogP contribution >= 0.6 is 11.6 Å². The third kappa shape index (κ3) is 4.76. The van der Waals surface area contributed by atoms with Gasteiger partial charge in [0.25, 0.3) is 11.8 Å². The number of carbonyl (C=O) groups is 2. The molecular weight excluding hydrogens is 424 g/mol. The topological polar surface area (TPSA) is 55.9 Å². The van der Waals surface area contributed by atoms with Crippen LogP contribution in [0.4, 0.5) is 5.69 Å². The number of benzene rings is 2. The number of piperidine rings is 1. The molecule has 2 aliphatic heterocycles. The van der Waals surface area contributed by atoms with Crippen molar-refractivity contribution in [2.75, 3.05) is 51.7 Å². The lowest BCUT2D eigenvalue weighted by molar-refractivity contribution is 0.0545. The fourth-order valence-electron chi connectivity index (χ4n) is 4.65. The van der Waals surface area contributed by atoms with Crippen LogP contribution in [0, 0.1) is 0 Å². The molecule has 6 nitrogen and oxygen atoms in total. The molecule has 0 bridgehead atoms. The van der Waals surface area contributed by atoms with Crippen LogP contribution in [-0.4, -0.2) is 68.4 Å². The molecule has 0 aliphatic carbocycles. The predicted octanol–water partition coefficient (Wildman–Crippen LogP) is 3.82. The van der Waals surface area contributed by atoms with Gasteiger partial charge in [-0.2, -0.15) is 0 Å². The van der Waals surface area contributed by atoms with Crippen molar-refractivity contribution >= 4 is 29.1 Å². The molecule has 0 aromatic heterocycles. The molecule has 32 heavy (non-hydrogen) atoms. The Hall–Kier alpha value is -2.57. The largest absolute Gasteiger partial charge is 0.370 e. The van der Waals surface area contributed by atoms with E-state index in [-0.39, 0.29) is 17.9 Å². The average molecular weight is 455 g/mol. The summed E-state index contributed by atoms with van der Waals surface area (Å²) in [6, 6.07) is 13.3. The molecular formula is C25H31ClN4O2. The number of piperazine rings is 1. The smallest absolute Gasteiger partial charge is 0.254 e. The van der Waals surface area contributed by atoms with E-state index in [1.165, 1.54) is 6.42 Å². The minimum atomic E-state index is -0.107. The molecule has 0 radical (unpaired) electrons. The highest BCUT2D eigenvalue weighted by Gasteiger charge is 2.30. The lowest BCUT2D eigenvalue weighted by Crippen LogP contribution is -2.49. The zero-order valence-electron chi connectivity index (χ0n) is 18.8. The maximum atomic E-state index is 13.4. The van der Waals surface area contributed by atoms with Gasteiger partial charge in [-0.25, -0.2) is 0 Å². The molecule has 4 rings (SSSR count). The van der Waals surface area contributed by atoms with E-state index in [4.69, 9.17) is 11.6 Å². The summed E-state index contributed by atoms with van der Waals surface area (Å²) >= 11 is 6.49. The van der Waals surface area contributed by atoms with E-state index < -0.39 is 0 Å². The molecule has 170 valence electrons. The number of rotatable bonds is 4. The highest BCUT2D eigenvalue weighted by Crippen LogP contribution is 2.31. The van der Waals surface area contributed by atoms with Gasteiger partial charge in [0, 0.05) is 50.9 Å². The molecule has 2 aliphatic rings. The number of nitrogens with one attached hydrogen (secondary N) is 1. The molecule has 2 amide bonds. The first-order valence-corrected chi connectivity index (χ1v) is 11.7. The Labute approximate surface area is 195 Å². The van der Waals surface area contributed by atoms with E-state index in [1.807, 2.05) is 47.4 Å². The quantitative estimate of drug-likeness (QED) is 0.763. The lowest BCUT2D eigenvalue weighted by Gasteiger charge is -2.40. The Kier molecular flexibility index (Phi) is 7.01. The lowest BCUT2D eigenvalue weighted by atomic mass is 9.99. The molecule has 2 aromatic carbocycles. The van der Waals surface area contributed by atoms with Crippen molar-refractivity contribution in [3.8, 4) is 0 Å². The predicted molar refractivity (Wildman–Crippen MR) is 129 cm³/mol. The van der Waals surface area contributed by atoms with Crippen molar-refractivity contribution in [3.63, 3.8) is 0 Å². The van der Waals surface area contributed by atoms with Gasteiger partial charge in [-0.05, 0) is 62.2 Å². The van der Waals surface area contributed by atoms with Crippen molar-refractivity contribution in [2.24, 2.45) is 0 Å². The minimum absolute atomic E-state index is 0.0282. The van der Waals surface area contributed by atoms with E-state index in [9.17, 15) is 9.59 Å². The molecule has 2 saturated heterocycles. The second-order valence-electron chi connectivity index (χ2n) is 8.67. The SMILES string of the molecule is CNC(=O)c1cccc(C2CN(C(=O)c3ccc(Cl)c(N4CCCCC4)c3)CCN2C)c1. The van der Waals surface area contributed by atoms with E-state index >= 15 is 0 Å². The summed E-state index contributed by atoms with van der Waals surface area (Å²) in [5, 5.41) is 3.38. The first kappa shape index (κ1) is 22.6. The molecule has 1 atom stereocenters. The summed E-state index contributed by atoms with van der Waals surface area (Å²) in [6.07, 6.45) is 3.56. The van der Waals surface area contributed by atoms with Crippen molar-refractivity contribution < 1.29 is 9.59 Å². The molecule has 0 spiro atoms. The number of carbonyl (C=O) groups excluding carboxylic acids is 2. The summed E-state index contributed by atoms with van der Waals surface area (Å²) in [6.45, 7) is 3.98. The minimum Gasteiger partial charge on any atom is -0.370 e. The van der Waals surface area contributed by atoms with Gasteiger partial charge in [-0.1, -0.05) is 23.7 Å². The van der Waals surface area contributed by atoms with E-state index in [2.05, 4.69) is 22.2 Å². The van der Waals surface area contributed by atoms with Crippen LogP contribution in [0.2, 0.25) is 5.02 Å². The number of hydrogen-bond donors (Lipinski definition) is 1. The van der Waals surface area contributed by atoms with Crippen LogP contribution in [0.25, 0.3) is 0 Å². The van der Waals surface area contributed by atoms with Crippen LogP contribution in [0.15, 0.2) is 42.5 Å². The number of likely N-dealkylation sites (N-methyl/N-ethyl adjacent to an activating group) is 1.